The highest BCUT2D eigenvalue weighted by Gasteiger charge is 2.15. The maximum atomic E-state index is 10.8. The molecule has 0 spiro atoms. The van der Waals surface area contributed by atoms with E-state index in [1.54, 1.807) is 0 Å². The lowest BCUT2D eigenvalue weighted by Gasteiger charge is -2.29. The molecule has 7 heteroatoms. The molecule has 0 aliphatic carbocycles. The lowest BCUT2D eigenvalue weighted by molar-refractivity contribution is -0.890. The molecule has 1 unspecified atom stereocenters. The van der Waals surface area contributed by atoms with Gasteiger partial charge in [0.15, 0.2) is 0 Å². The van der Waals surface area contributed by atoms with Crippen LogP contribution in [0.5, 0.6) is 0 Å². The van der Waals surface area contributed by atoms with E-state index in [9.17, 15) is 14.3 Å². The third kappa shape index (κ3) is 10.5. The molecule has 0 aliphatic heterocycles. The van der Waals surface area contributed by atoms with Crippen molar-refractivity contribution >= 4 is 13.6 Å². The smallest absolute Gasteiger partial charge is 0.330 e. The predicted octanol–water partition coefficient (Wildman–Crippen LogP) is 0.118. The molecule has 0 heterocycles. The Labute approximate surface area is 108 Å². The van der Waals surface area contributed by atoms with Gasteiger partial charge in [-0.05, 0) is 12.8 Å². The second-order valence-electron chi connectivity index (χ2n) is 4.82. The van der Waals surface area contributed by atoms with Gasteiger partial charge in [0.2, 0.25) is 0 Å². The number of carbonyl (C=O) groups excluding carboxylic acids is 1. The van der Waals surface area contributed by atoms with Crippen LogP contribution in [0.25, 0.3) is 0 Å². The quantitative estimate of drug-likeness (QED) is 0.213. The third-order valence-corrected chi connectivity index (χ3v) is 3.44. The Morgan fingerprint density at radius 3 is 2.56 bits per heavy atom. The van der Waals surface area contributed by atoms with Gasteiger partial charge < -0.3 is 23.6 Å². The van der Waals surface area contributed by atoms with Crippen LogP contribution in [0, 0.1) is 0 Å². The van der Waals surface area contributed by atoms with Gasteiger partial charge in [-0.3, -0.25) is 0 Å². The fourth-order valence-corrected chi connectivity index (χ4v) is 2.04. The zero-order valence-corrected chi connectivity index (χ0v) is 11.9. The summed E-state index contributed by atoms with van der Waals surface area (Å²) in [7, 11) is -0.184. The van der Waals surface area contributed by atoms with Gasteiger partial charge in [-0.15, -0.1) is 0 Å². The maximum absolute atomic E-state index is 10.8. The molecule has 0 aliphatic rings. The Balaban J connectivity index is 3.76. The zero-order chi connectivity index (χ0) is 14.2. The minimum Gasteiger partial charge on any atom is -0.779 e. The summed E-state index contributed by atoms with van der Waals surface area (Å²) in [5, 5.41) is 0. The van der Waals surface area contributed by atoms with Crippen LogP contribution >= 0.6 is 7.60 Å². The average Bonchev–Trinajstić information content (AvgIpc) is 2.23. The molecule has 0 aromatic carbocycles. The summed E-state index contributed by atoms with van der Waals surface area (Å²) in [6, 6.07) is 0. The van der Waals surface area contributed by atoms with Crippen molar-refractivity contribution in [2.24, 2.45) is 0 Å². The van der Waals surface area contributed by atoms with Crippen molar-refractivity contribution < 1.29 is 28.4 Å². The van der Waals surface area contributed by atoms with Gasteiger partial charge in [-0.2, -0.15) is 0 Å². The summed E-state index contributed by atoms with van der Waals surface area (Å²) in [5.41, 5.74) is 0. The normalized spacial score (nSPS) is 14.9. The Hall–Kier alpha value is -0.680. The molecule has 1 atom stereocenters. The number of hydrogen-bond donors (Lipinski definition) is 1. The SMILES string of the molecule is C=CC(=O)OCC[N+](C)(C)CCCCP(=O)([O-])O. The molecule has 0 amide bonds. The summed E-state index contributed by atoms with van der Waals surface area (Å²) < 4.78 is 16.1. The second-order valence-corrected chi connectivity index (χ2v) is 6.54. The van der Waals surface area contributed by atoms with Crippen molar-refractivity contribution in [3.8, 4) is 0 Å². The molecular formula is C11H22NO5P. The standard InChI is InChI=1S/C11H22NO5P/c1-4-11(13)17-9-8-12(2,3)7-5-6-10-18(14,15)16/h4H,1,5-10H2,2-3H3,(H-,14,15,16). The van der Waals surface area contributed by atoms with Crippen LogP contribution in [0.3, 0.4) is 0 Å². The van der Waals surface area contributed by atoms with E-state index in [1.165, 1.54) is 0 Å². The Bertz CT molecular complexity index is 323. The highest BCUT2D eigenvalue weighted by molar-refractivity contribution is 7.50. The van der Waals surface area contributed by atoms with Gasteiger partial charge in [0.1, 0.15) is 20.7 Å². The molecule has 106 valence electrons. The first-order valence-corrected chi connectivity index (χ1v) is 7.56. The van der Waals surface area contributed by atoms with E-state index in [0.717, 1.165) is 12.6 Å². The minimum atomic E-state index is -4.12. The lowest BCUT2D eigenvalue weighted by atomic mass is 10.3. The van der Waals surface area contributed by atoms with E-state index >= 15 is 0 Å². The number of likely N-dealkylation sites (N-methyl/N-ethyl adjacent to an activating group) is 1. The molecule has 18 heavy (non-hydrogen) atoms. The first-order chi connectivity index (χ1) is 8.16. The Morgan fingerprint density at radius 1 is 1.44 bits per heavy atom. The molecule has 0 rings (SSSR count). The van der Waals surface area contributed by atoms with Crippen LogP contribution < -0.4 is 4.89 Å². The Kier molecular flexibility index (Phi) is 7.40. The summed E-state index contributed by atoms with van der Waals surface area (Å²) >= 11 is 0. The molecule has 0 saturated heterocycles. The van der Waals surface area contributed by atoms with Crippen LogP contribution in [-0.4, -0.2) is 55.3 Å². The number of hydrogen-bond acceptors (Lipinski definition) is 4. The molecule has 0 aromatic rings. The van der Waals surface area contributed by atoms with Crippen molar-refractivity contribution in [3.05, 3.63) is 12.7 Å². The first kappa shape index (κ1) is 17.3. The summed E-state index contributed by atoms with van der Waals surface area (Å²) in [5.74, 6) is -0.442. The monoisotopic (exact) mass is 279 g/mol. The molecule has 6 nitrogen and oxygen atoms in total. The number of esters is 1. The number of ether oxygens (including phenoxy) is 1. The lowest BCUT2D eigenvalue weighted by Crippen LogP contribution is -2.43. The number of unbranched alkanes of at least 4 members (excludes halogenated alkanes) is 1. The van der Waals surface area contributed by atoms with E-state index in [2.05, 4.69) is 6.58 Å². The number of rotatable bonds is 9. The van der Waals surface area contributed by atoms with Crippen molar-refractivity contribution in [3.63, 3.8) is 0 Å². The maximum Gasteiger partial charge on any atom is 0.330 e. The minimum absolute atomic E-state index is 0.182. The van der Waals surface area contributed by atoms with Gasteiger partial charge in [0.05, 0.1) is 20.6 Å². The fraction of sp³-hybridized carbons (Fsp3) is 0.727. The second kappa shape index (κ2) is 7.69. The number of quaternary nitrogens is 1. The van der Waals surface area contributed by atoms with Gasteiger partial charge >= 0.3 is 5.97 Å². The van der Waals surface area contributed by atoms with E-state index in [0.29, 0.717) is 30.5 Å². The summed E-state index contributed by atoms with van der Waals surface area (Å²) in [4.78, 5) is 30.0. The highest BCUT2D eigenvalue weighted by Crippen LogP contribution is 2.29. The first-order valence-electron chi connectivity index (χ1n) is 5.80. The van der Waals surface area contributed by atoms with Crippen molar-refractivity contribution in [2.45, 2.75) is 12.8 Å². The molecule has 0 bridgehead atoms. The van der Waals surface area contributed by atoms with E-state index < -0.39 is 13.6 Å². The summed E-state index contributed by atoms with van der Waals surface area (Å²) in [6.07, 6.45) is 2.06. The van der Waals surface area contributed by atoms with Crippen LogP contribution in [0.2, 0.25) is 0 Å². The molecular weight excluding hydrogens is 257 g/mol. The van der Waals surface area contributed by atoms with Crippen LogP contribution in [0.1, 0.15) is 12.8 Å². The molecule has 0 saturated carbocycles. The average molecular weight is 279 g/mol. The van der Waals surface area contributed by atoms with Gasteiger partial charge in [-0.25, -0.2) is 4.79 Å². The van der Waals surface area contributed by atoms with Gasteiger partial charge in [-0.1, -0.05) is 6.58 Å². The fourth-order valence-electron chi connectivity index (χ4n) is 1.42. The van der Waals surface area contributed by atoms with Crippen molar-refractivity contribution in [1.82, 2.24) is 0 Å². The molecule has 0 radical (unpaired) electrons. The molecule has 0 aromatic heterocycles. The molecule has 0 fully saturated rings. The number of carbonyl (C=O) groups is 1. The van der Waals surface area contributed by atoms with Crippen LogP contribution in [0.15, 0.2) is 12.7 Å². The third-order valence-electron chi connectivity index (χ3n) is 2.56. The zero-order valence-electron chi connectivity index (χ0n) is 11.0. The largest absolute Gasteiger partial charge is 0.779 e. The summed E-state index contributed by atoms with van der Waals surface area (Å²) in [6.45, 7) is 5.01. The topological polar surface area (TPSA) is 86.7 Å². The van der Waals surface area contributed by atoms with Gasteiger partial charge in [0, 0.05) is 12.2 Å². The Morgan fingerprint density at radius 2 is 2.06 bits per heavy atom. The van der Waals surface area contributed by atoms with Crippen molar-refractivity contribution in [1.29, 1.82) is 0 Å². The molecule has 1 N–H and O–H groups in total. The van der Waals surface area contributed by atoms with E-state index in [4.69, 9.17) is 9.63 Å². The van der Waals surface area contributed by atoms with Crippen LogP contribution in [0.4, 0.5) is 0 Å². The highest BCUT2D eigenvalue weighted by atomic mass is 31.2. The number of nitrogens with zero attached hydrogens (tertiary/aromatic N) is 1. The van der Waals surface area contributed by atoms with E-state index in [1.807, 2.05) is 14.1 Å². The van der Waals surface area contributed by atoms with Gasteiger partial charge in [0.25, 0.3) is 0 Å². The van der Waals surface area contributed by atoms with Crippen molar-refractivity contribution in [2.75, 3.05) is 40.0 Å². The van der Waals surface area contributed by atoms with Crippen LogP contribution in [-0.2, 0) is 14.1 Å². The predicted molar refractivity (Wildman–Crippen MR) is 66.9 cm³/mol. The van der Waals surface area contributed by atoms with E-state index in [-0.39, 0.29) is 6.16 Å².